The first-order chi connectivity index (χ1) is 14.7. The molecule has 0 bridgehead atoms. The summed E-state index contributed by atoms with van der Waals surface area (Å²) >= 11 is 0. The van der Waals surface area contributed by atoms with Crippen molar-refractivity contribution in [3.63, 3.8) is 0 Å². The summed E-state index contributed by atoms with van der Waals surface area (Å²) in [5, 5.41) is 12.1. The first-order valence-electron chi connectivity index (χ1n) is 9.98. The monoisotopic (exact) mass is 407 g/mol. The molecule has 2 unspecified atom stereocenters. The molecular weight excluding hydrogens is 385 g/mol. The Morgan fingerprint density at radius 3 is 3.00 bits per heavy atom. The molecule has 3 aromatic rings. The van der Waals surface area contributed by atoms with Gasteiger partial charge < -0.3 is 14.7 Å². The number of hydrazine groups is 2. The summed E-state index contributed by atoms with van der Waals surface area (Å²) in [6.07, 6.45) is 4.67. The van der Waals surface area contributed by atoms with Crippen molar-refractivity contribution in [1.82, 2.24) is 30.5 Å². The molecule has 1 aliphatic carbocycles. The van der Waals surface area contributed by atoms with E-state index in [9.17, 15) is 9.65 Å². The third-order valence-electron chi connectivity index (χ3n) is 5.71. The highest BCUT2D eigenvalue weighted by Gasteiger charge is 2.30. The first kappa shape index (κ1) is 18.8. The zero-order valence-corrected chi connectivity index (χ0v) is 16.6. The Hall–Kier alpha value is -3.22. The minimum Gasteiger partial charge on any atom is -0.378 e. The molecule has 2 N–H and O–H groups in total. The number of ether oxygens (including phenoxy) is 1. The Balaban J connectivity index is 1.65. The fourth-order valence-electron chi connectivity index (χ4n) is 4.40. The number of nitriles is 1. The number of benzene rings is 1. The smallest absolute Gasteiger partial charge is 0.131 e. The Kier molecular flexibility index (Phi) is 4.73. The second-order valence-electron chi connectivity index (χ2n) is 7.75. The van der Waals surface area contributed by atoms with E-state index >= 15 is 0 Å². The van der Waals surface area contributed by atoms with E-state index in [2.05, 4.69) is 26.6 Å². The molecule has 30 heavy (non-hydrogen) atoms. The van der Waals surface area contributed by atoms with Gasteiger partial charge in [-0.3, -0.25) is 9.99 Å². The van der Waals surface area contributed by atoms with Crippen molar-refractivity contribution in [2.45, 2.75) is 38.0 Å². The number of aromatic nitrogens is 3. The summed E-state index contributed by atoms with van der Waals surface area (Å²) in [4.78, 5) is 9.37. The molecule has 5 rings (SSSR count). The summed E-state index contributed by atoms with van der Waals surface area (Å²) in [7, 11) is 1.64. The summed E-state index contributed by atoms with van der Waals surface area (Å²) in [5.74, 6) is 0.824. The van der Waals surface area contributed by atoms with Crippen LogP contribution in [-0.4, -0.2) is 39.4 Å². The maximum absolute atomic E-state index is 14.1. The predicted octanol–water partition coefficient (Wildman–Crippen LogP) is 2.83. The topological polar surface area (TPSA) is 91.0 Å². The number of hydrogen-bond acceptors (Lipinski definition) is 7. The summed E-state index contributed by atoms with van der Waals surface area (Å²) in [5.41, 5.74) is 10.1. The zero-order chi connectivity index (χ0) is 20.7. The van der Waals surface area contributed by atoms with E-state index in [4.69, 9.17) is 9.72 Å². The summed E-state index contributed by atoms with van der Waals surface area (Å²) in [6.45, 7) is 0.958. The molecule has 0 saturated heterocycles. The number of nitrogens with zero attached hydrogens (tertiary/aromatic N) is 5. The van der Waals surface area contributed by atoms with Gasteiger partial charge in [0.2, 0.25) is 0 Å². The van der Waals surface area contributed by atoms with E-state index in [0.29, 0.717) is 31.6 Å². The standard InChI is InChI=1S/C21H22FN7O/c1-30-12-15-10-28(27-26-15)11-20-25-19-9-24-18-5-2-13(8-23)6-17(18)21(19)29(20)16-4-3-14(22)7-16/h2,5-6,9-10,14,16,26-27H,3-4,7,11-12H2,1H3. The van der Waals surface area contributed by atoms with Crippen molar-refractivity contribution < 1.29 is 9.13 Å². The van der Waals surface area contributed by atoms with Crippen molar-refractivity contribution >= 4 is 21.9 Å². The molecule has 1 saturated carbocycles. The second-order valence-corrected chi connectivity index (χ2v) is 7.75. The van der Waals surface area contributed by atoms with Crippen LogP contribution in [0, 0.1) is 11.3 Å². The van der Waals surface area contributed by atoms with E-state index < -0.39 is 6.17 Å². The van der Waals surface area contributed by atoms with Crippen molar-refractivity contribution in [1.29, 1.82) is 5.26 Å². The van der Waals surface area contributed by atoms with Crippen molar-refractivity contribution in [2.24, 2.45) is 0 Å². The molecule has 2 aromatic heterocycles. The van der Waals surface area contributed by atoms with E-state index in [1.165, 1.54) is 0 Å². The third-order valence-corrected chi connectivity index (χ3v) is 5.71. The molecule has 1 aromatic carbocycles. The molecule has 1 aliphatic heterocycles. The van der Waals surface area contributed by atoms with Gasteiger partial charge in [0.25, 0.3) is 0 Å². The Morgan fingerprint density at radius 1 is 1.33 bits per heavy atom. The van der Waals surface area contributed by atoms with Crippen LogP contribution in [-0.2, 0) is 11.3 Å². The zero-order valence-electron chi connectivity index (χ0n) is 16.6. The predicted molar refractivity (Wildman–Crippen MR) is 109 cm³/mol. The molecule has 2 atom stereocenters. The highest BCUT2D eigenvalue weighted by Crippen LogP contribution is 2.37. The van der Waals surface area contributed by atoms with Crippen LogP contribution < -0.4 is 11.0 Å². The molecule has 9 heteroatoms. The van der Waals surface area contributed by atoms with Gasteiger partial charge in [0, 0.05) is 24.7 Å². The summed E-state index contributed by atoms with van der Waals surface area (Å²) < 4.78 is 21.4. The van der Waals surface area contributed by atoms with Crippen LogP contribution in [0.4, 0.5) is 4.39 Å². The second kappa shape index (κ2) is 7.55. The third kappa shape index (κ3) is 3.24. The average molecular weight is 407 g/mol. The normalized spacial score (nSPS) is 21.2. The number of alkyl halides is 1. The lowest BCUT2D eigenvalue weighted by atomic mass is 10.1. The van der Waals surface area contributed by atoms with E-state index in [1.54, 1.807) is 19.4 Å². The largest absolute Gasteiger partial charge is 0.378 e. The average Bonchev–Trinajstić information content (AvgIpc) is 3.46. The fraction of sp³-hybridized carbons (Fsp3) is 0.381. The van der Waals surface area contributed by atoms with Crippen LogP contribution in [0.1, 0.15) is 36.7 Å². The quantitative estimate of drug-likeness (QED) is 0.672. The van der Waals surface area contributed by atoms with Crippen LogP contribution in [0.25, 0.3) is 21.9 Å². The minimum absolute atomic E-state index is 0.0225. The fourth-order valence-corrected chi connectivity index (χ4v) is 4.40. The van der Waals surface area contributed by atoms with Gasteiger partial charge in [-0.15, -0.1) is 5.53 Å². The number of nitrogens with one attached hydrogen (secondary N) is 2. The van der Waals surface area contributed by atoms with Gasteiger partial charge >= 0.3 is 0 Å². The number of hydrogen-bond donors (Lipinski definition) is 2. The van der Waals surface area contributed by atoms with Crippen LogP contribution in [0.2, 0.25) is 0 Å². The molecule has 8 nitrogen and oxygen atoms in total. The Morgan fingerprint density at radius 2 is 2.23 bits per heavy atom. The number of pyridine rings is 1. The molecule has 0 radical (unpaired) electrons. The van der Waals surface area contributed by atoms with E-state index in [-0.39, 0.29) is 6.04 Å². The van der Waals surface area contributed by atoms with Gasteiger partial charge in [-0.2, -0.15) is 5.26 Å². The number of halogens is 1. The summed E-state index contributed by atoms with van der Waals surface area (Å²) in [6, 6.07) is 7.68. The van der Waals surface area contributed by atoms with Gasteiger partial charge in [-0.05, 0) is 37.5 Å². The Bertz CT molecular complexity index is 1180. The van der Waals surface area contributed by atoms with Crippen molar-refractivity contribution in [2.75, 3.05) is 13.7 Å². The molecule has 0 amide bonds. The minimum atomic E-state index is -0.803. The van der Waals surface area contributed by atoms with Gasteiger partial charge in [-0.25, -0.2) is 9.37 Å². The molecule has 154 valence electrons. The van der Waals surface area contributed by atoms with Gasteiger partial charge in [0.1, 0.15) is 17.5 Å². The van der Waals surface area contributed by atoms with Crippen LogP contribution in [0.5, 0.6) is 0 Å². The van der Waals surface area contributed by atoms with Gasteiger partial charge in [0.05, 0.1) is 47.7 Å². The lowest BCUT2D eigenvalue weighted by molar-refractivity contribution is 0.214. The number of methoxy groups -OCH3 is 1. The SMILES string of the molecule is COCC1=CN(Cc2nc3cnc4ccc(C#N)cc4c3n2C2CCC(F)C2)NN1. The maximum Gasteiger partial charge on any atom is 0.131 e. The first-order valence-corrected chi connectivity index (χ1v) is 9.98. The van der Waals surface area contributed by atoms with Gasteiger partial charge in [0.15, 0.2) is 0 Å². The maximum atomic E-state index is 14.1. The van der Waals surface area contributed by atoms with Crippen LogP contribution in [0.15, 0.2) is 36.3 Å². The molecule has 0 spiro atoms. The van der Waals surface area contributed by atoms with E-state index in [1.807, 2.05) is 23.3 Å². The number of imidazole rings is 1. The molecule has 3 heterocycles. The van der Waals surface area contributed by atoms with Crippen LogP contribution >= 0.6 is 0 Å². The Labute approximate surface area is 172 Å². The highest BCUT2D eigenvalue weighted by molar-refractivity contribution is 6.02. The number of rotatable bonds is 5. The molecular formula is C21H22FN7O. The van der Waals surface area contributed by atoms with Crippen LogP contribution in [0.3, 0.4) is 0 Å². The highest BCUT2D eigenvalue weighted by atomic mass is 19.1. The van der Waals surface area contributed by atoms with Crippen molar-refractivity contribution in [3.8, 4) is 6.07 Å². The lowest BCUT2D eigenvalue weighted by Gasteiger charge is -2.20. The van der Waals surface area contributed by atoms with Crippen molar-refractivity contribution in [3.05, 3.63) is 47.7 Å². The van der Waals surface area contributed by atoms with E-state index in [0.717, 1.165) is 39.9 Å². The lowest BCUT2D eigenvalue weighted by Crippen LogP contribution is -2.37. The van der Waals surface area contributed by atoms with Gasteiger partial charge in [-0.1, -0.05) is 0 Å². The number of fused-ring (bicyclic) bond motifs is 3. The molecule has 1 fully saturated rings. The molecule has 2 aliphatic rings.